The summed E-state index contributed by atoms with van der Waals surface area (Å²) in [7, 11) is 0. The molecule has 0 amide bonds. The van der Waals surface area contributed by atoms with Gasteiger partial charge in [-0.2, -0.15) is 5.10 Å². The first-order valence-corrected chi connectivity index (χ1v) is 9.77. The minimum absolute atomic E-state index is 0.0613. The van der Waals surface area contributed by atoms with Crippen molar-refractivity contribution in [1.82, 2.24) is 19.9 Å². The number of hydrogen-bond acceptors (Lipinski definition) is 7. The maximum absolute atomic E-state index is 13.5. The average Bonchev–Trinajstić information content (AvgIpc) is 3.24. The van der Waals surface area contributed by atoms with Crippen molar-refractivity contribution in [2.24, 2.45) is 0 Å². The zero-order chi connectivity index (χ0) is 20.5. The van der Waals surface area contributed by atoms with Crippen LogP contribution in [0.5, 0.6) is 0 Å². The summed E-state index contributed by atoms with van der Waals surface area (Å²) >= 11 is 12.6. The van der Waals surface area contributed by atoms with Crippen molar-refractivity contribution >= 4 is 35.0 Å². The molecule has 0 radical (unpaired) electrons. The molecule has 0 spiro atoms. The number of carbonyl (C=O) groups is 2. The minimum Gasteiger partial charge on any atom is -0.461 e. The number of hydrogen-bond donors (Lipinski definition) is 0. The van der Waals surface area contributed by atoms with E-state index >= 15 is 0 Å². The molecule has 0 saturated heterocycles. The molecule has 0 aliphatic heterocycles. The number of ketones is 1. The molecule has 2 heterocycles. The number of halogens is 2. The van der Waals surface area contributed by atoms with Gasteiger partial charge < -0.3 is 9.26 Å². The summed E-state index contributed by atoms with van der Waals surface area (Å²) in [5.41, 5.74) is 0.735. The Labute approximate surface area is 175 Å². The number of ether oxygens (including phenoxy) is 1. The predicted octanol–water partition coefficient (Wildman–Crippen LogP) is 3.91. The van der Waals surface area contributed by atoms with E-state index in [2.05, 4.69) is 15.2 Å². The number of carbonyl (C=O) groups excluding carboxylic acids is 2. The number of rotatable bonds is 7. The van der Waals surface area contributed by atoms with Crippen LogP contribution in [0, 0.1) is 0 Å². The van der Waals surface area contributed by atoms with Gasteiger partial charge in [-0.3, -0.25) is 4.79 Å². The van der Waals surface area contributed by atoms with E-state index in [0.717, 1.165) is 12.8 Å². The van der Waals surface area contributed by atoms with E-state index in [9.17, 15) is 9.59 Å². The normalized spacial score (nSPS) is 13.5. The Morgan fingerprint density at radius 1 is 1.31 bits per heavy atom. The fraction of sp³-hybridized carbons (Fsp3) is 0.316. The average molecular weight is 435 g/mol. The van der Waals surface area contributed by atoms with Crippen LogP contribution in [0.2, 0.25) is 10.0 Å². The van der Waals surface area contributed by atoms with Crippen LogP contribution in [0.25, 0.3) is 0 Å². The first-order chi connectivity index (χ1) is 14.0. The quantitative estimate of drug-likeness (QED) is 0.410. The molecule has 0 N–H and O–H groups in total. The molecule has 3 aromatic rings. The summed E-state index contributed by atoms with van der Waals surface area (Å²) in [4.78, 5) is 29.8. The highest BCUT2D eigenvalue weighted by Gasteiger charge is 2.38. The fourth-order valence-corrected chi connectivity index (χ4v) is 3.46. The lowest BCUT2D eigenvalue weighted by Crippen LogP contribution is -2.15. The summed E-state index contributed by atoms with van der Waals surface area (Å²) in [5, 5.41) is 8.42. The van der Waals surface area contributed by atoms with Gasteiger partial charge in [0, 0.05) is 17.0 Å². The Morgan fingerprint density at radius 3 is 2.76 bits per heavy atom. The van der Waals surface area contributed by atoms with E-state index in [0.29, 0.717) is 16.3 Å². The van der Waals surface area contributed by atoms with Gasteiger partial charge in [-0.25, -0.2) is 14.5 Å². The van der Waals surface area contributed by atoms with Crippen LogP contribution >= 0.6 is 23.2 Å². The van der Waals surface area contributed by atoms with E-state index in [1.807, 2.05) is 0 Å². The molecule has 4 rings (SSSR count). The molecule has 8 nitrogen and oxygen atoms in total. The Bertz CT molecular complexity index is 1070. The molecule has 1 aliphatic rings. The van der Waals surface area contributed by atoms with Gasteiger partial charge in [0.2, 0.25) is 5.69 Å². The Hall–Kier alpha value is -2.71. The van der Waals surface area contributed by atoms with Crippen molar-refractivity contribution < 1.29 is 18.8 Å². The van der Waals surface area contributed by atoms with Crippen LogP contribution in [0.1, 0.15) is 63.4 Å². The summed E-state index contributed by atoms with van der Waals surface area (Å²) in [5.74, 6) is -0.670. The molecular formula is C19H16Cl2N4O4. The summed E-state index contributed by atoms with van der Waals surface area (Å²) < 4.78 is 11.9. The minimum atomic E-state index is -0.704. The van der Waals surface area contributed by atoms with Crippen molar-refractivity contribution in [2.45, 2.75) is 32.2 Å². The zero-order valence-electron chi connectivity index (χ0n) is 15.4. The predicted molar refractivity (Wildman–Crippen MR) is 103 cm³/mol. The number of benzene rings is 1. The Kier molecular flexibility index (Phi) is 5.38. The van der Waals surface area contributed by atoms with Gasteiger partial charge in [-0.1, -0.05) is 28.4 Å². The monoisotopic (exact) mass is 434 g/mol. The molecule has 1 saturated carbocycles. The molecule has 10 heteroatoms. The smallest absolute Gasteiger partial charge is 0.361 e. The van der Waals surface area contributed by atoms with Crippen molar-refractivity contribution in [3.8, 4) is 0 Å². The molecule has 0 unspecified atom stereocenters. The molecule has 29 heavy (non-hydrogen) atoms. The van der Waals surface area contributed by atoms with E-state index in [-0.39, 0.29) is 40.9 Å². The van der Waals surface area contributed by atoms with Gasteiger partial charge in [0.1, 0.15) is 18.2 Å². The SMILES string of the molecule is CCOC(=O)c1noc(C2CC2)c1C(=O)c1ccc(Cl)c(Cl)c1Cn1cncn1. The van der Waals surface area contributed by atoms with Gasteiger partial charge >= 0.3 is 5.97 Å². The number of esters is 1. The van der Waals surface area contributed by atoms with E-state index in [4.69, 9.17) is 32.5 Å². The summed E-state index contributed by atoms with van der Waals surface area (Å²) in [6, 6.07) is 3.11. The standard InChI is InChI=1S/C19H16Cl2N4O4/c1-2-28-19(27)16-14(18(29-24-16)10-3-4-10)17(26)11-5-6-13(20)15(21)12(11)7-25-9-22-8-23-25/h5-6,8-10H,2-4,7H2,1H3. The number of nitrogens with zero attached hydrogens (tertiary/aromatic N) is 4. The zero-order valence-corrected chi connectivity index (χ0v) is 16.9. The highest BCUT2D eigenvalue weighted by atomic mass is 35.5. The highest BCUT2D eigenvalue weighted by molar-refractivity contribution is 6.43. The fourth-order valence-electron chi connectivity index (χ4n) is 3.06. The van der Waals surface area contributed by atoms with Crippen LogP contribution in [0.15, 0.2) is 29.3 Å². The Balaban J connectivity index is 1.82. The van der Waals surface area contributed by atoms with Crippen LogP contribution in [0.4, 0.5) is 0 Å². The highest BCUT2D eigenvalue weighted by Crippen LogP contribution is 2.43. The van der Waals surface area contributed by atoms with Crippen LogP contribution in [-0.2, 0) is 11.3 Å². The van der Waals surface area contributed by atoms with E-state index < -0.39 is 11.8 Å². The van der Waals surface area contributed by atoms with E-state index in [1.165, 1.54) is 23.4 Å². The first kappa shape index (κ1) is 19.6. The molecule has 2 aromatic heterocycles. The van der Waals surface area contributed by atoms with Gasteiger partial charge in [0.25, 0.3) is 0 Å². The van der Waals surface area contributed by atoms with Crippen LogP contribution < -0.4 is 0 Å². The second-order valence-corrected chi connectivity index (χ2v) is 7.36. The third-order valence-electron chi connectivity index (χ3n) is 4.59. The van der Waals surface area contributed by atoms with Crippen LogP contribution in [0.3, 0.4) is 0 Å². The lowest BCUT2D eigenvalue weighted by Gasteiger charge is -2.12. The first-order valence-electron chi connectivity index (χ1n) is 9.01. The molecular weight excluding hydrogens is 419 g/mol. The van der Waals surface area contributed by atoms with Crippen molar-refractivity contribution in [1.29, 1.82) is 0 Å². The molecule has 1 aromatic carbocycles. The summed E-state index contributed by atoms with van der Waals surface area (Å²) in [6.07, 6.45) is 4.62. The lowest BCUT2D eigenvalue weighted by atomic mass is 9.95. The molecule has 0 bridgehead atoms. The number of aromatic nitrogens is 4. The lowest BCUT2D eigenvalue weighted by molar-refractivity contribution is 0.0512. The van der Waals surface area contributed by atoms with Gasteiger partial charge in [0.05, 0.1) is 23.2 Å². The van der Waals surface area contributed by atoms with Gasteiger partial charge in [0.15, 0.2) is 11.5 Å². The summed E-state index contributed by atoms with van der Waals surface area (Å²) in [6.45, 7) is 2.01. The van der Waals surface area contributed by atoms with Gasteiger partial charge in [-0.15, -0.1) is 0 Å². The third-order valence-corrected chi connectivity index (χ3v) is 5.43. The topological polar surface area (TPSA) is 100 Å². The molecule has 1 aliphatic carbocycles. The Morgan fingerprint density at radius 2 is 2.10 bits per heavy atom. The molecule has 150 valence electrons. The van der Waals surface area contributed by atoms with Crippen LogP contribution in [-0.4, -0.2) is 38.3 Å². The second kappa shape index (κ2) is 7.96. The van der Waals surface area contributed by atoms with Crippen molar-refractivity contribution in [2.75, 3.05) is 6.61 Å². The van der Waals surface area contributed by atoms with E-state index in [1.54, 1.807) is 13.0 Å². The maximum atomic E-state index is 13.5. The van der Waals surface area contributed by atoms with Gasteiger partial charge in [-0.05, 0) is 31.9 Å². The largest absolute Gasteiger partial charge is 0.461 e. The molecule has 0 atom stereocenters. The second-order valence-electron chi connectivity index (χ2n) is 6.57. The van der Waals surface area contributed by atoms with Crippen molar-refractivity contribution in [3.63, 3.8) is 0 Å². The third kappa shape index (κ3) is 3.77. The van der Waals surface area contributed by atoms with Crippen molar-refractivity contribution in [3.05, 3.63) is 63.0 Å². The molecule has 1 fully saturated rings. The maximum Gasteiger partial charge on any atom is 0.361 e.